The van der Waals surface area contributed by atoms with E-state index in [9.17, 15) is 13.2 Å². The van der Waals surface area contributed by atoms with Gasteiger partial charge in [-0.15, -0.1) is 0 Å². The summed E-state index contributed by atoms with van der Waals surface area (Å²) in [7, 11) is -3.63. The first-order valence-electron chi connectivity index (χ1n) is 9.42. The second-order valence-electron chi connectivity index (χ2n) is 7.24. The van der Waals surface area contributed by atoms with Crippen LogP contribution in [0.25, 0.3) is 0 Å². The third-order valence-electron chi connectivity index (χ3n) is 5.16. The van der Waals surface area contributed by atoms with Crippen molar-refractivity contribution in [1.29, 1.82) is 0 Å². The van der Waals surface area contributed by atoms with Gasteiger partial charge in [-0.25, -0.2) is 8.42 Å². The van der Waals surface area contributed by atoms with Crippen molar-refractivity contribution in [2.24, 2.45) is 0 Å². The van der Waals surface area contributed by atoms with E-state index in [0.717, 1.165) is 24.0 Å². The van der Waals surface area contributed by atoms with Crippen molar-refractivity contribution in [2.45, 2.75) is 50.5 Å². The van der Waals surface area contributed by atoms with Crippen molar-refractivity contribution in [3.05, 3.63) is 58.6 Å². The molecule has 1 fully saturated rings. The molecule has 0 bridgehead atoms. The Morgan fingerprint density at radius 2 is 1.86 bits per heavy atom. The number of halogens is 1. The van der Waals surface area contributed by atoms with Gasteiger partial charge in [0.05, 0.1) is 4.90 Å². The number of nitrogens with one attached hydrogen (secondary N) is 1. The Kier molecular flexibility index (Phi) is 6.43. The van der Waals surface area contributed by atoms with Crippen molar-refractivity contribution in [1.82, 2.24) is 4.31 Å². The molecule has 1 aliphatic rings. The number of nitrogens with zero attached hydrogens (tertiary/aromatic N) is 1. The lowest BCUT2D eigenvalue weighted by molar-refractivity contribution is -0.117. The maximum atomic E-state index is 13.1. The molecule has 0 radical (unpaired) electrons. The number of benzene rings is 2. The molecule has 7 heteroatoms. The molecule has 0 aliphatic carbocycles. The van der Waals surface area contributed by atoms with E-state index < -0.39 is 10.0 Å². The molecule has 1 unspecified atom stereocenters. The van der Waals surface area contributed by atoms with Crippen LogP contribution in [0.2, 0.25) is 5.02 Å². The number of aryl methyl sites for hydroxylation is 1. The molecule has 0 aromatic heterocycles. The minimum atomic E-state index is -3.63. The fourth-order valence-corrected chi connectivity index (χ4v) is 5.37. The standard InChI is InChI=1S/C21H25ClN2O3S/c1-15-9-11-18(12-10-15)28(26,27)24-13-4-3-6-17(24)14-21(25)23-20-8-5-7-19(22)16(20)2/h5,7-12,17H,3-4,6,13-14H2,1-2H3,(H,23,25). The summed E-state index contributed by atoms with van der Waals surface area (Å²) in [5.41, 5.74) is 2.46. The molecular weight excluding hydrogens is 396 g/mol. The highest BCUT2D eigenvalue weighted by atomic mass is 35.5. The fraction of sp³-hybridized carbons (Fsp3) is 0.381. The third kappa shape index (κ3) is 4.57. The topological polar surface area (TPSA) is 66.5 Å². The Morgan fingerprint density at radius 3 is 2.57 bits per heavy atom. The number of sulfonamides is 1. The second kappa shape index (κ2) is 8.64. The number of hydrogen-bond acceptors (Lipinski definition) is 3. The highest BCUT2D eigenvalue weighted by molar-refractivity contribution is 7.89. The summed E-state index contributed by atoms with van der Waals surface area (Å²) < 4.78 is 27.7. The number of carbonyl (C=O) groups is 1. The van der Waals surface area contributed by atoms with Gasteiger partial charge in [-0.2, -0.15) is 4.31 Å². The molecular formula is C21H25ClN2O3S. The summed E-state index contributed by atoms with van der Waals surface area (Å²) in [6, 6.07) is 11.8. The number of carbonyl (C=O) groups excluding carboxylic acids is 1. The Morgan fingerprint density at radius 1 is 1.14 bits per heavy atom. The molecule has 5 nitrogen and oxygen atoms in total. The van der Waals surface area contributed by atoms with Gasteiger partial charge in [-0.05, 0) is 56.5 Å². The molecule has 150 valence electrons. The first-order chi connectivity index (χ1) is 13.3. The monoisotopic (exact) mass is 420 g/mol. The van der Waals surface area contributed by atoms with Gasteiger partial charge in [-0.1, -0.05) is 41.8 Å². The molecule has 1 atom stereocenters. The predicted molar refractivity (Wildman–Crippen MR) is 112 cm³/mol. The van der Waals surface area contributed by atoms with Crippen LogP contribution in [0.1, 0.15) is 36.8 Å². The SMILES string of the molecule is Cc1ccc(S(=O)(=O)N2CCCCC2CC(=O)Nc2cccc(Cl)c2C)cc1. The lowest BCUT2D eigenvalue weighted by Gasteiger charge is -2.34. The number of hydrogen-bond donors (Lipinski definition) is 1. The Balaban J connectivity index is 1.77. The van der Waals surface area contributed by atoms with Gasteiger partial charge in [0.2, 0.25) is 15.9 Å². The van der Waals surface area contributed by atoms with Crippen molar-refractivity contribution in [3.63, 3.8) is 0 Å². The lowest BCUT2D eigenvalue weighted by Crippen LogP contribution is -2.45. The zero-order chi connectivity index (χ0) is 20.3. The highest BCUT2D eigenvalue weighted by Gasteiger charge is 2.34. The van der Waals surface area contributed by atoms with E-state index >= 15 is 0 Å². The van der Waals surface area contributed by atoms with E-state index in [1.807, 2.05) is 13.8 Å². The zero-order valence-corrected chi connectivity index (χ0v) is 17.7. The van der Waals surface area contributed by atoms with E-state index in [1.54, 1.807) is 42.5 Å². The highest BCUT2D eigenvalue weighted by Crippen LogP contribution is 2.28. The first-order valence-corrected chi connectivity index (χ1v) is 11.2. The molecule has 2 aromatic rings. The predicted octanol–water partition coefficient (Wildman–Crippen LogP) is 4.53. The Hall–Kier alpha value is -1.89. The van der Waals surface area contributed by atoms with Crippen molar-refractivity contribution in [3.8, 4) is 0 Å². The molecule has 28 heavy (non-hydrogen) atoms. The Labute approximate surface area is 171 Å². The number of rotatable bonds is 5. The summed E-state index contributed by atoms with van der Waals surface area (Å²) in [5, 5.41) is 3.46. The van der Waals surface area contributed by atoms with Crippen molar-refractivity contribution >= 4 is 33.2 Å². The van der Waals surface area contributed by atoms with Crippen LogP contribution in [-0.4, -0.2) is 31.2 Å². The molecule has 0 saturated carbocycles. The largest absolute Gasteiger partial charge is 0.326 e. The number of piperidine rings is 1. The van der Waals surface area contributed by atoms with E-state index in [2.05, 4.69) is 5.32 Å². The second-order valence-corrected chi connectivity index (χ2v) is 9.54. The van der Waals surface area contributed by atoms with Crippen LogP contribution in [0.5, 0.6) is 0 Å². The molecule has 1 N–H and O–H groups in total. The van der Waals surface area contributed by atoms with E-state index in [0.29, 0.717) is 23.7 Å². The van der Waals surface area contributed by atoms with Gasteiger partial charge in [0.25, 0.3) is 0 Å². The zero-order valence-electron chi connectivity index (χ0n) is 16.1. The normalized spacial score (nSPS) is 18.0. The summed E-state index contributed by atoms with van der Waals surface area (Å²) in [5.74, 6) is -0.207. The van der Waals surface area contributed by atoms with Gasteiger partial charge in [0.1, 0.15) is 0 Å². The quantitative estimate of drug-likeness (QED) is 0.772. The third-order valence-corrected chi connectivity index (χ3v) is 7.54. The fourth-order valence-electron chi connectivity index (χ4n) is 3.50. The van der Waals surface area contributed by atoms with Crippen LogP contribution < -0.4 is 5.32 Å². The van der Waals surface area contributed by atoms with Crippen LogP contribution in [-0.2, 0) is 14.8 Å². The minimum Gasteiger partial charge on any atom is -0.326 e. The van der Waals surface area contributed by atoms with Crippen LogP contribution in [0.3, 0.4) is 0 Å². The van der Waals surface area contributed by atoms with Gasteiger partial charge < -0.3 is 5.32 Å². The van der Waals surface area contributed by atoms with Crippen LogP contribution in [0.15, 0.2) is 47.4 Å². The van der Waals surface area contributed by atoms with Crippen LogP contribution in [0, 0.1) is 13.8 Å². The van der Waals surface area contributed by atoms with E-state index in [-0.39, 0.29) is 23.3 Å². The Bertz CT molecular complexity index is 958. The van der Waals surface area contributed by atoms with Gasteiger partial charge in [0, 0.05) is 29.7 Å². The van der Waals surface area contributed by atoms with Gasteiger partial charge in [0.15, 0.2) is 0 Å². The van der Waals surface area contributed by atoms with Crippen molar-refractivity contribution < 1.29 is 13.2 Å². The minimum absolute atomic E-state index is 0.122. The average Bonchev–Trinajstić information content (AvgIpc) is 2.66. The van der Waals surface area contributed by atoms with Crippen molar-refractivity contribution in [2.75, 3.05) is 11.9 Å². The molecule has 1 aliphatic heterocycles. The summed E-state index contributed by atoms with van der Waals surface area (Å²) >= 11 is 6.11. The lowest BCUT2D eigenvalue weighted by atomic mass is 10.0. The number of amides is 1. The van der Waals surface area contributed by atoms with Gasteiger partial charge >= 0.3 is 0 Å². The maximum absolute atomic E-state index is 13.1. The maximum Gasteiger partial charge on any atom is 0.243 e. The molecule has 1 heterocycles. The smallest absolute Gasteiger partial charge is 0.243 e. The average molecular weight is 421 g/mol. The molecule has 1 saturated heterocycles. The molecule has 0 spiro atoms. The number of anilines is 1. The molecule has 2 aromatic carbocycles. The molecule has 1 amide bonds. The summed E-state index contributed by atoms with van der Waals surface area (Å²) in [6.45, 7) is 4.19. The van der Waals surface area contributed by atoms with Crippen LogP contribution in [0.4, 0.5) is 5.69 Å². The summed E-state index contributed by atoms with van der Waals surface area (Å²) in [4.78, 5) is 12.9. The van der Waals surface area contributed by atoms with Gasteiger partial charge in [-0.3, -0.25) is 4.79 Å². The van der Waals surface area contributed by atoms with E-state index in [4.69, 9.17) is 11.6 Å². The van der Waals surface area contributed by atoms with Crippen LogP contribution >= 0.6 is 11.6 Å². The summed E-state index contributed by atoms with van der Waals surface area (Å²) in [6.07, 6.45) is 2.51. The first kappa shape index (κ1) is 20.8. The van der Waals surface area contributed by atoms with E-state index in [1.165, 1.54) is 4.31 Å². The molecule has 3 rings (SSSR count).